The highest BCUT2D eigenvalue weighted by molar-refractivity contribution is 9.09. The van der Waals surface area contributed by atoms with Gasteiger partial charge in [0.1, 0.15) is 23.0 Å². The lowest BCUT2D eigenvalue weighted by Gasteiger charge is -2.25. The van der Waals surface area contributed by atoms with Crippen molar-refractivity contribution in [3.8, 4) is 0 Å². The van der Waals surface area contributed by atoms with Crippen LogP contribution < -0.4 is 5.32 Å². The minimum Gasteiger partial charge on any atom is -0.352 e. The van der Waals surface area contributed by atoms with E-state index in [9.17, 15) is 18.0 Å². The Hall–Kier alpha value is -1.04. The molecule has 0 atom stereocenters. The highest BCUT2D eigenvalue weighted by atomic mass is 79.9. The molecule has 1 aliphatic rings. The van der Waals surface area contributed by atoms with Gasteiger partial charge in [-0.2, -0.15) is 0 Å². The fourth-order valence-corrected chi connectivity index (χ4v) is 2.94. The van der Waals surface area contributed by atoms with E-state index in [2.05, 4.69) is 21.2 Å². The molecule has 1 fully saturated rings. The van der Waals surface area contributed by atoms with E-state index < -0.39 is 28.9 Å². The van der Waals surface area contributed by atoms with Crippen molar-refractivity contribution in [2.75, 3.05) is 6.54 Å². The number of carbonyl (C=O) groups excluding carboxylic acids is 1. The summed E-state index contributed by atoms with van der Waals surface area (Å²) in [6.07, 6.45) is 3.98. The fourth-order valence-electron chi connectivity index (χ4n) is 2.41. The molecule has 0 aromatic heterocycles. The van der Waals surface area contributed by atoms with E-state index in [0.29, 0.717) is 29.4 Å². The van der Waals surface area contributed by atoms with Crippen molar-refractivity contribution in [1.82, 2.24) is 5.32 Å². The fraction of sp³-hybridized carbons (Fsp3) is 0.500. The van der Waals surface area contributed by atoms with Gasteiger partial charge in [-0.1, -0.05) is 15.9 Å². The Balaban J connectivity index is 1.95. The second-order valence-electron chi connectivity index (χ2n) is 5.07. The highest BCUT2D eigenvalue weighted by Gasteiger charge is 2.22. The summed E-state index contributed by atoms with van der Waals surface area (Å²) in [7, 11) is 0. The van der Waals surface area contributed by atoms with E-state index in [0.717, 1.165) is 25.7 Å². The Morgan fingerprint density at radius 1 is 1.15 bits per heavy atom. The van der Waals surface area contributed by atoms with E-state index >= 15 is 0 Å². The molecule has 0 saturated heterocycles. The Kier molecular flexibility index (Phi) is 5.07. The van der Waals surface area contributed by atoms with Gasteiger partial charge in [-0.3, -0.25) is 4.79 Å². The predicted octanol–water partition coefficient (Wildman–Crippen LogP) is 3.79. The maximum Gasteiger partial charge on any atom is 0.257 e. The third-order valence-electron chi connectivity index (χ3n) is 3.56. The first-order valence-corrected chi connectivity index (χ1v) is 7.45. The molecule has 6 heteroatoms. The van der Waals surface area contributed by atoms with Gasteiger partial charge < -0.3 is 5.32 Å². The first kappa shape index (κ1) is 15.4. The average Bonchev–Trinajstić information content (AvgIpc) is 2.37. The van der Waals surface area contributed by atoms with Gasteiger partial charge in [0.25, 0.3) is 5.91 Å². The number of alkyl halides is 1. The standard InChI is InChI=1S/C14H15BrF3NO/c15-9-3-1-8(2-4-9)7-19-14(20)13-11(17)5-10(16)6-12(13)18/h5-6,8-9H,1-4,7H2,(H,19,20). The molecule has 0 aliphatic heterocycles. The van der Waals surface area contributed by atoms with Gasteiger partial charge in [-0.05, 0) is 31.6 Å². The van der Waals surface area contributed by atoms with Crippen LogP contribution in [0.15, 0.2) is 12.1 Å². The van der Waals surface area contributed by atoms with Crippen LogP contribution in [0.2, 0.25) is 0 Å². The van der Waals surface area contributed by atoms with Gasteiger partial charge >= 0.3 is 0 Å². The minimum absolute atomic E-state index is 0.319. The molecular formula is C14H15BrF3NO. The number of hydrogen-bond donors (Lipinski definition) is 1. The monoisotopic (exact) mass is 349 g/mol. The second kappa shape index (κ2) is 6.61. The van der Waals surface area contributed by atoms with Crippen LogP contribution in [0.3, 0.4) is 0 Å². The first-order valence-electron chi connectivity index (χ1n) is 6.54. The molecule has 2 nitrogen and oxygen atoms in total. The van der Waals surface area contributed by atoms with Gasteiger partial charge in [0.15, 0.2) is 0 Å². The molecule has 0 radical (unpaired) electrons. The molecule has 1 saturated carbocycles. The molecule has 2 rings (SSSR count). The summed E-state index contributed by atoms with van der Waals surface area (Å²) < 4.78 is 39.6. The molecule has 1 aliphatic carbocycles. The average molecular weight is 350 g/mol. The smallest absolute Gasteiger partial charge is 0.257 e. The minimum atomic E-state index is -1.18. The first-order chi connectivity index (χ1) is 9.47. The van der Waals surface area contributed by atoms with Crippen molar-refractivity contribution in [3.05, 3.63) is 35.1 Å². The van der Waals surface area contributed by atoms with Crippen molar-refractivity contribution in [2.45, 2.75) is 30.5 Å². The molecule has 1 N–H and O–H groups in total. The Morgan fingerprint density at radius 2 is 1.70 bits per heavy atom. The van der Waals surface area contributed by atoms with Crippen LogP contribution in [0.25, 0.3) is 0 Å². The molecule has 0 spiro atoms. The van der Waals surface area contributed by atoms with E-state index in [-0.39, 0.29) is 0 Å². The zero-order chi connectivity index (χ0) is 14.7. The molecule has 1 aromatic carbocycles. The predicted molar refractivity (Wildman–Crippen MR) is 73.3 cm³/mol. The zero-order valence-electron chi connectivity index (χ0n) is 10.8. The van der Waals surface area contributed by atoms with Crippen LogP contribution in [-0.4, -0.2) is 17.3 Å². The quantitative estimate of drug-likeness (QED) is 0.826. The van der Waals surface area contributed by atoms with E-state index in [1.165, 1.54) is 0 Å². The molecule has 0 bridgehead atoms. The molecule has 1 amide bonds. The van der Waals surface area contributed by atoms with Crippen LogP contribution in [0.1, 0.15) is 36.0 Å². The summed E-state index contributed by atoms with van der Waals surface area (Å²) in [6, 6.07) is 1.02. The topological polar surface area (TPSA) is 29.1 Å². The number of hydrogen-bond acceptors (Lipinski definition) is 1. The van der Waals surface area contributed by atoms with E-state index in [1.54, 1.807) is 0 Å². The summed E-state index contributed by atoms with van der Waals surface area (Å²) in [4.78, 5) is 12.3. The summed E-state index contributed by atoms with van der Waals surface area (Å²) in [5.74, 6) is -3.90. The maximum atomic E-state index is 13.4. The highest BCUT2D eigenvalue weighted by Crippen LogP contribution is 2.28. The van der Waals surface area contributed by atoms with Gasteiger partial charge in [0, 0.05) is 23.5 Å². The molecule has 0 heterocycles. The van der Waals surface area contributed by atoms with Crippen molar-refractivity contribution in [3.63, 3.8) is 0 Å². The third kappa shape index (κ3) is 3.75. The van der Waals surface area contributed by atoms with Crippen LogP contribution in [-0.2, 0) is 0 Å². The SMILES string of the molecule is O=C(NCC1CCC(Br)CC1)c1c(F)cc(F)cc1F. The Morgan fingerprint density at radius 3 is 2.25 bits per heavy atom. The van der Waals surface area contributed by atoms with Crippen LogP contribution >= 0.6 is 15.9 Å². The molecule has 110 valence electrons. The molecule has 0 unspecified atom stereocenters. The summed E-state index contributed by atoms with van der Waals surface area (Å²) in [5.41, 5.74) is -0.722. The lowest BCUT2D eigenvalue weighted by molar-refractivity contribution is 0.0935. The van der Waals surface area contributed by atoms with Crippen LogP contribution in [0.5, 0.6) is 0 Å². The van der Waals surface area contributed by atoms with Crippen molar-refractivity contribution < 1.29 is 18.0 Å². The Bertz CT molecular complexity index is 478. The Labute approximate surface area is 123 Å². The van der Waals surface area contributed by atoms with E-state index in [1.807, 2.05) is 0 Å². The summed E-state index contributed by atoms with van der Waals surface area (Å²) in [5, 5.41) is 2.53. The van der Waals surface area contributed by atoms with Crippen LogP contribution in [0.4, 0.5) is 13.2 Å². The zero-order valence-corrected chi connectivity index (χ0v) is 12.4. The van der Waals surface area contributed by atoms with Gasteiger partial charge in [-0.25, -0.2) is 13.2 Å². The normalized spacial score (nSPS) is 22.6. The van der Waals surface area contributed by atoms with Crippen molar-refractivity contribution in [2.24, 2.45) is 5.92 Å². The third-order valence-corrected chi connectivity index (χ3v) is 4.48. The number of benzene rings is 1. The van der Waals surface area contributed by atoms with Gasteiger partial charge in [0.2, 0.25) is 0 Å². The lowest BCUT2D eigenvalue weighted by Crippen LogP contribution is -2.32. The van der Waals surface area contributed by atoms with E-state index in [4.69, 9.17) is 0 Å². The lowest BCUT2D eigenvalue weighted by atomic mass is 9.89. The number of halogens is 4. The molecule has 20 heavy (non-hydrogen) atoms. The molecule has 1 aromatic rings. The van der Waals surface area contributed by atoms with Crippen molar-refractivity contribution >= 4 is 21.8 Å². The number of carbonyl (C=O) groups is 1. The van der Waals surface area contributed by atoms with Crippen molar-refractivity contribution in [1.29, 1.82) is 0 Å². The summed E-state index contributed by atoms with van der Waals surface area (Å²) >= 11 is 3.54. The summed E-state index contributed by atoms with van der Waals surface area (Å²) in [6.45, 7) is 0.384. The van der Waals surface area contributed by atoms with Gasteiger partial charge in [0.05, 0.1) is 0 Å². The van der Waals surface area contributed by atoms with Gasteiger partial charge in [-0.15, -0.1) is 0 Å². The largest absolute Gasteiger partial charge is 0.352 e. The van der Waals surface area contributed by atoms with Crippen LogP contribution in [0, 0.1) is 23.4 Å². The maximum absolute atomic E-state index is 13.4. The second-order valence-corrected chi connectivity index (χ2v) is 6.37. The number of rotatable bonds is 3. The number of amides is 1. The molecular weight excluding hydrogens is 335 g/mol. The number of nitrogens with one attached hydrogen (secondary N) is 1.